The van der Waals surface area contributed by atoms with Crippen LogP contribution in [0.4, 0.5) is 13.2 Å². The second kappa shape index (κ2) is 6.80. The zero-order valence-electron chi connectivity index (χ0n) is 16.7. The number of hydrogen-bond acceptors (Lipinski definition) is 3. The van der Waals surface area contributed by atoms with Gasteiger partial charge in [-0.15, -0.1) is 11.3 Å². The molecule has 0 saturated heterocycles. The minimum atomic E-state index is -4.27. The first-order valence-electron chi connectivity index (χ1n) is 9.37. The van der Waals surface area contributed by atoms with Gasteiger partial charge in [-0.05, 0) is 38.0 Å². The third-order valence-electron chi connectivity index (χ3n) is 5.25. The van der Waals surface area contributed by atoms with E-state index in [2.05, 4.69) is 28.2 Å². The number of halogens is 3. The van der Waals surface area contributed by atoms with E-state index in [4.69, 9.17) is 0 Å². The molecule has 0 aliphatic carbocycles. The quantitative estimate of drug-likeness (QED) is 0.353. The Kier molecular flexibility index (Phi) is 4.65. The van der Waals surface area contributed by atoms with Crippen molar-refractivity contribution in [3.63, 3.8) is 0 Å². The maximum Gasteiger partial charge on any atom is 0.394 e. The lowest BCUT2D eigenvalue weighted by molar-refractivity contribution is -0.210. The van der Waals surface area contributed by atoms with Crippen LogP contribution in [-0.4, -0.2) is 16.1 Å². The molecule has 0 N–H and O–H groups in total. The van der Waals surface area contributed by atoms with Crippen LogP contribution >= 0.6 is 11.3 Å². The lowest BCUT2D eigenvalue weighted by atomic mass is 9.85. The molecule has 0 unspecified atom stereocenters. The fourth-order valence-corrected chi connectivity index (χ4v) is 4.97. The summed E-state index contributed by atoms with van der Waals surface area (Å²) in [6, 6.07) is 11.8. The second-order valence-corrected chi connectivity index (χ2v) is 9.25. The van der Waals surface area contributed by atoms with Crippen molar-refractivity contribution in [2.24, 2.45) is 5.41 Å². The van der Waals surface area contributed by atoms with Crippen LogP contribution in [0.2, 0.25) is 0 Å². The minimum Gasteiger partial charge on any atom is -0.235 e. The third-order valence-corrected chi connectivity index (χ3v) is 6.53. The fourth-order valence-electron chi connectivity index (χ4n) is 3.69. The highest BCUT2D eigenvalue weighted by Gasteiger charge is 2.47. The minimum absolute atomic E-state index is 0.0764. The standard InChI is InChI=1S/C23H21F3N2S/c1-13-8-14(2)10-16(9-13)18-21-19(28-12-27-18)17-7-5-6-15(20(17)29-21)11-22(3,4)23(24,25)26/h5-10,12H,11H2,1-4H3. The third kappa shape index (κ3) is 3.50. The molecule has 4 rings (SSSR count). The molecular formula is C23H21F3N2S. The molecule has 4 aromatic rings. The van der Waals surface area contributed by atoms with E-state index in [1.54, 1.807) is 6.07 Å². The van der Waals surface area contributed by atoms with Gasteiger partial charge in [-0.2, -0.15) is 13.2 Å². The monoisotopic (exact) mass is 414 g/mol. The summed E-state index contributed by atoms with van der Waals surface area (Å²) >= 11 is 1.48. The first-order chi connectivity index (χ1) is 13.6. The zero-order chi connectivity index (χ0) is 21.0. The molecular weight excluding hydrogens is 393 g/mol. The molecule has 6 heteroatoms. The normalized spacial score (nSPS) is 12.8. The summed E-state index contributed by atoms with van der Waals surface area (Å²) in [4.78, 5) is 8.98. The highest BCUT2D eigenvalue weighted by atomic mass is 32.1. The van der Waals surface area contributed by atoms with Gasteiger partial charge in [0.2, 0.25) is 0 Å². The zero-order valence-corrected chi connectivity index (χ0v) is 17.5. The van der Waals surface area contributed by atoms with Crippen LogP contribution in [0.1, 0.15) is 30.5 Å². The summed E-state index contributed by atoms with van der Waals surface area (Å²) < 4.78 is 42.2. The molecule has 0 aliphatic rings. The molecule has 2 aromatic heterocycles. The van der Waals surface area contributed by atoms with Crippen LogP contribution < -0.4 is 0 Å². The molecule has 0 aliphatic heterocycles. The summed E-state index contributed by atoms with van der Waals surface area (Å²) in [5.41, 5.74) is 3.78. The van der Waals surface area contributed by atoms with Crippen LogP contribution in [0.5, 0.6) is 0 Å². The molecule has 2 heterocycles. The first-order valence-corrected chi connectivity index (χ1v) is 10.2. The van der Waals surface area contributed by atoms with Gasteiger partial charge in [0.25, 0.3) is 0 Å². The number of rotatable bonds is 3. The highest BCUT2D eigenvalue weighted by Crippen LogP contribution is 2.44. The lowest BCUT2D eigenvalue weighted by Crippen LogP contribution is -2.34. The SMILES string of the molecule is Cc1cc(C)cc(-c2ncnc3c2sc2c(CC(C)(C)C(F)(F)F)cccc23)c1. The fraction of sp³-hybridized carbons (Fsp3) is 0.304. The molecule has 0 atom stereocenters. The molecule has 150 valence electrons. The number of hydrogen-bond donors (Lipinski definition) is 0. The number of alkyl halides is 3. The van der Waals surface area contributed by atoms with E-state index < -0.39 is 11.6 Å². The summed E-state index contributed by atoms with van der Waals surface area (Å²) in [6.07, 6.45) is -2.81. The predicted octanol–water partition coefficient (Wildman–Crippen LogP) is 7.26. The van der Waals surface area contributed by atoms with E-state index in [-0.39, 0.29) is 6.42 Å². The lowest BCUT2D eigenvalue weighted by Gasteiger charge is -2.27. The number of aryl methyl sites for hydroxylation is 2. The first kappa shape index (κ1) is 19.8. The number of nitrogens with zero attached hydrogens (tertiary/aromatic N) is 2. The predicted molar refractivity (Wildman–Crippen MR) is 113 cm³/mol. The molecule has 29 heavy (non-hydrogen) atoms. The van der Waals surface area contributed by atoms with Gasteiger partial charge < -0.3 is 0 Å². The highest BCUT2D eigenvalue weighted by molar-refractivity contribution is 7.26. The average Bonchev–Trinajstić information content (AvgIpc) is 2.99. The second-order valence-electron chi connectivity index (χ2n) is 8.23. The van der Waals surface area contributed by atoms with Crippen molar-refractivity contribution in [3.05, 3.63) is 59.4 Å². The Balaban J connectivity index is 1.93. The molecule has 0 fully saturated rings. The van der Waals surface area contributed by atoms with Gasteiger partial charge in [-0.1, -0.05) is 49.2 Å². The van der Waals surface area contributed by atoms with Gasteiger partial charge in [0.05, 0.1) is 21.3 Å². The summed E-state index contributed by atoms with van der Waals surface area (Å²) in [7, 11) is 0. The summed E-state index contributed by atoms with van der Waals surface area (Å²) in [5.74, 6) is 0. The van der Waals surface area contributed by atoms with Gasteiger partial charge in [0.15, 0.2) is 0 Å². The van der Waals surface area contributed by atoms with E-state index >= 15 is 0 Å². The summed E-state index contributed by atoms with van der Waals surface area (Å²) in [6.45, 7) is 6.58. The van der Waals surface area contributed by atoms with Crippen molar-refractivity contribution < 1.29 is 13.2 Å². The average molecular weight is 414 g/mol. The van der Waals surface area contributed by atoms with Crippen LogP contribution in [0, 0.1) is 19.3 Å². The Morgan fingerprint density at radius 1 is 0.931 bits per heavy atom. The van der Waals surface area contributed by atoms with Crippen molar-refractivity contribution in [2.45, 2.75) is 40.3 Å². The van der Waals surface area contributed by atoms with Crippen molar-refractivity contribution in [3.8, 4) is 11.3 Å². The van der Waals surface area contributed by atoms with Crippen molar-refractivity contribution >= 4 is 31.6 Å². The van der Waals surface area contributed by atoms with Gasteiger partial charge in [-0.3, -0.25) is 0 Å². The Bertz CT molecular complexity index is 1200. The number of thiophene rings is 1. The van der Waals surface area contributed by atoms with Gasteiger partial charge >= 0.3 is 6.18 Å². The van der Waals surface area contributed by atoms with E-state index in [0.717, 1.165) is 42.7 Å². The van der Waals surface area contributed by atoms with E-state index in [0.29, 0.717) is 5.56 Å². The van der Waals surface area contributed by atoms with Crippen molar-refractivity contribution in [1.82, 2.24) is 9.97 Å². The van der Waals surface area contributed by atoms with Crippen LogP contribution in [0.3, 0.4) is 0 Å². The maximum absolute atomic E-state index is 13.5. The smallest absolute Gasteiger partial charge is 0.235 e. The molecule has 0 saturated carbocycles. The van der Waals surface area contributed by atoms with Crippen molar-refractivity contribution in [1.29, 1.82) is 0 Å². The van der Waals surface area contributed by atoms with Crippen LogP contribution in [0.15, 0.2) is 42.7 Å². The molecule has 2 nitrogen and oxygen atoms in total. The van der Waals surface area contributed by atoms with E-state index in [1.165, 1.54) is 31.5 Å². The van der Waals surface area contributed by atoms with E-state index in [1.807, 2.05) is 26.0 Å². The molecule has 0 spiro atoms. The van der Waals surface area contributed by atoms with Gasteiger partial charge in [0.1, 0.15) is 6.33 Å². The van der Waals surface area contributed by atoms with Crippen LogP contribution in [0.25, 0.3) is 31.6 Å². The van der Waals surface area contributed by atoms with Crippen molar-refractivity contribution in [2.75, 3.05) is 0 Å². The summed E-state index contributed by atoms with van der Waals surface area (Å²) in [5, 5.41) is 0.883. The topological polar surface area (TPSA) is 25.8 Å². The molecule has 0 amide bonds. The number of benzene rings is 2. The Labute approximate surface area is 171 Å². The maximum atomic E-state index is 13.5. The molecule has 2 aromatic carbocycles. The van der Waals surface area contributed by atoms with Crippen LogP contribution in [-0.2, 0) is 6.42 Å². The van der Waals surface area contributed by atoms with Gasteiger partial charge in [0, 0.05) is 15.6 Å². The Morgan fingerprint density at radius 2 is 1.62 bits per heavy atom. The largest absolute Gasteiger partial charge is 0.394 e. The molecule has 0 radical (unpaired) electrons. The van der Waals surface area contributed by atoms with E-state index in [9.17, 15) is 13.2 Å². The Morgan fingerprint density at radius 3 is 2.28 bits per heavy atom. The van der Waals surface area contributed by atoms with Gasteiger partial charge in [-0.25, -0.2) is 9.97 Å². The number of fused-ring (bicyclic) bond motifs is 3. The Hall–Kier alpha value is -2.47. The number of aromatic nitrogens is 2. The molecule has 0 bridgehead atoms.